The highest BCUT2D eigenvalue weighted by molar-refractivity contribution is 6.00. The summed E-state index contributed by atoms with van der Waals surface area (Å²) >= 11 is 0. The molecule has 0 fully saturated rings. The molecule has 3 aromatic rings. The largest absolute Gasteiger partial charge is 0.276 e. The summed E-state index contributed by atoms with van der Waals surface area (Å²) in [6, 6.07) is 20.4. The second kappa shape index (κ2) is 8.95. The molecule has 10 nitrogen and oxygen atoms in total. The predicted octanol–water partition coefficient (Wildman–Crippen LogP) is 5.06. The molecule has 3 rings (SSSR count). The van der Waals surface area contributed by atoms with Crippen LogP contribution in [0.3, 0.4) is 0 Å². The third-order valence-corrected chi connectivity index (χ3v) is 3.68. The Morgan fingerprint density at radius 3 is 2.14 bits per heavy atom. The van der Waals surface area contributed by atoms with Crippen molar-refractivity contribution in [1.82, 2.24) is 0 Å². The second-order valence-electron chi connectivity index (χ2n) is 5.70. The number of non-ortho nitro benzene ring substituents is 2. The fourth-order valence-electron chi connectivity index (χ4n) is 2.31. The number of nitro groups is 2. The van der Waals surface area contributed by atoms with Crippen LogP contribution in [0.2, 0.25) is 0 Å². The Morgan fingerprint density at radius 2 is 1.45 bits per heavy atom. The van der Waals surface area contributed by atoms with Gasteiger partial charge < -0.3 is 0 Å². The molecular weight excluding hydrogens is 376 g/mol. The van der Waals surface area contributed by atoms with Crippen molar-refractivity contribution in [2.45, 2.75) is 0 Å². The number of hydrogen-bond acceptors (Lipinski definition) is 7. The van der Waals surface area contributed by atoms with E-state index < -0.39 is 9.85 Å². The van der Waals surface area contributed by atoms with Gasteiger partial charge in [-0.3, -0.25) is 25.7 Å². The topological polar surface area (TPSA) is 135 Å². The van der Waals surface area contributed by atoms with Crippen LogP contribution in [0.5, 0.6) is 0 Å². The van der Waals surface area contributed by atoms with Crippen LogP contribution in [0.25, 0.3) is 0 Å². The quantitative estimate of drug-likeness (QED) is 0.206. The Hall–Kier alpha value is -4.47. The zero-order valence-electron chi connectivity index (χ0n) is 14.9. The van der Waals surface area contributed by atoms with E-state index in [-0.39, 0.29) is 17.2 Å². The minimum atomic E-state index is -0.524. The first-order chi connectivity index (χ1) is 14.0. The lowest BCUT2D eigenvalue weighted by Crippen LogP contribution is -2.02. The van der Waals surface area contributed by atoms with Gasteiger partial charge in [-0.15, -0.1) is 10.2 Å². The van der Waals surface area contributed by atoms with Crippen molar-refractivity contribution in [1.29, 1.82) is 0 Å². The van der Waals surface area contributed by atoms with E-state index in [9.17, 15) is 20.2 Å². The van der Waals surface area contributed by atoms with Crippen molar-refractivity contribution in [3.63, 3.8) is 0 Å². The summed E-state index contributed by atoms with van der Waals surface area (Å²) in [6.45, 7) is 0. The lowest BCUT2D eigenvalue weighted by molar-refractivity contribution is -0.385. The van der Waals surface area contributed by atoms with Crippen LogP contribution in [0.4, 0.5) is 22.7 Å². The van der Waals surface area contributed by atoms with E-state index >= 15 is 0 Å². The lowest BCUT2D eigenvalue weighted by atomic mass is 10.2. The first kappa shape index (κ1) is 19.3. The van der Waals surface area contributed by atoms with Gasteiger partial charge in [0.2, 0.25) is 5.84 Å². The van der Waals surface area contributed by atoms with Crippen LogP contribution in [0, 0.1) is 20.2 Å². The molecule has 29 heavy (non-hydrogen) atoms. The summed E-state index contributed by atoms with van der Waals surface area (Å²) in [5.74, 6) is 0.0732. The predicted molar refractivity (Wildman–Crippen MR) is 107 cm³/mol. The van der Waals surface area contributed by atoms with Gasteiger partial charge in [0.15, 0.2) is 0 Å². The first-order valence-corrected chi connectivity index (χ1v) is 8.33. The van der Waals surface area contributed by atoms with Gasteiger partial charge in [0, 0.05) is 29.8 Å². The molecular formula is C19H14N6O4. The van der Waals surface area contributed by atoms with E-state index in [0.29, 0.717) is 16.9 Å². The summed E-state index contributed by atoms with van der Waals surface area (Å²) in [7, 11) is 0. The molecule has 0 atom stereocenters. The van der Waals surface area contributed by atoms with E-state index in [0.717, 1.165) is 0 Å². The molecule has 0 bridgehead atoms. The normalized spacial score (nSPS) is 11.4. The van der Waals surface area contributed by atoms with Crippen LogP contribution < -0.4 is 5.43 Å². The Bertz CT molecular complexity index is 1100. The summed E-state index contributed by atoms with van der Waals surface area (Å²) in [5, 5.41) is 34.3. The minimum absolute atomic E-state index is 0.0732. The molecule has 0 amide bonds. The highest BCUT2D eigenvalue weighted by Gasteiger charge is 2.11. The number of hydrazone groups is 1. The van der Waals surface area contributed by atoms with Crippen LogP contribution in [0.15, 0.2) is 94.2 Å². The standard InChI is InChI=1S/C19H14N6O4/c26-24(27)17-10-4-6-14(12-17)19(22-20-15-7-2-1-3-8-15)23-21-16-9-5-11-18(13-16)25(28)29/h1-13,21H/b22-20?,23-19-. The van der Waals surface area contributed by atoms with Crippen molar-refractivity contribution in [2.24, 2.45) is 15.3 Å². The molecule has 3 aromatic carbocycles. The van der Waals surface area contributed by atoms with Gasteiger partial charge >= 0.3 is 0 Å². The van der Waals surface area contributed by atoms with Crippen LogP contribution in [-0.2, 0) is 0 Å². The third kappa shape index (κ3) is 5.26. The summed E-state index contributed by atoms with van der Waals surface area (Å²) < 4.78 is 0. The maximum Gasteiger partial charge on any atom is 0.271 e. The number of nitrogens with zero attached hydrogens (tertiary/aromatic N) is 5. The molecule has 0 unspecified atom stereocenters. The van der Waals surface area contributed by atoms with Crippen molar-refractivity contribution < 1.29 is 9.85 Å². The molecule has 0 aliphatic heterocycles. The summed E-state index contributed by atoms with van der Waals surface area (Å²) in [5.41, 5.74) is 3.74. The van der Waals surface area contributed by atoms with Crippen LogP contribution in [-0.4, -0.2) is 15.7 Å². The van der Waals surface area contributed by atoms with Gasteiger partial charge in [0.1, 0.15) is 0 Å². The van der Waals surface area contributed by atoms with Gasteiger partial charge in [0.25, 0.3) is 11.4 Å². The second-order valence-corrected chi connectivity index (χ2v) is 5.70. The number of benzene rings is 3. The van der Waals surface area contributed by atoms with Crippen molar-refractivity contribution in [2.75, 3.05) is 5.43 Å². The highest BCUT2D eigenvalue weighted by Crippen LogP contribution is 2.19. The van der Waals surface area contributed by atoms with E-state index in [1.54, 1.807) is 36.4 Å². The smallest absolute Gasteiger partial charge is 0.271 e. The molecule has 0 spiro atoms. The fraction of sp³-hybridized carbons (Fsp3) is 0. The Balaban J connectivity index is 1.96. The SMILES string of the molecule is O=[N+]([O-])c1cccc(N/N=C(\N=Nc2ccccc2)c2cccc([N+](=O)[O-])c2)c1. The molecule has 0 radical (unpaired) electrons. The maximum atomic E-state index is 11.1. The van der Waals surface area contributed by atoms with Gasteiger partial charge in [-0.2, -0.15) is 5.10 Å². The molecule has 1 N–H and O–H groups in total. The Kier molecular flexibility index (Phi) is 5.96. The molecule has 0 heterocycles. The molecule has 0 aromatic heterocycles. The van der Waals surface area contributed by atoms with Gasteiger partial charge in [-0.05, 0) is 18.2 Å². The van der Waals surface area contributed by atoms with E-state index in [4.69, 9.17) is 0 Å². The summed E-state index contributed by atoms with van der Waals surface area (Å²) in [4.78, 5) is 20.9. The zero-order valence-corrected chi connectivity index (χ0v) is 14.9. The van der Waals surface area contributed by atoms with E-state index in [1.165, 1.54) is 36.4 Å². The van der Waals surface area contributed by atoms with Crippen molar-refractivity contribution in [3.05, 3.63) is 105 Å². The summed E-state index contributed by atoms with van der Waals surface area (Å²) in [6.07, 6.45) is 0. The number of amidine groups is 1. The van der Waals surface area contributed by atoms with E-state index in [2.05, 4.69) is 20.8 Å². The number of nitrogens with one attached hydrogen (secondary N) is 1. The van der Waals surface area contributed by atoms with Crippen LogP contribution in [0.1, 0.15) is 5.56 Å². The molecule has 0 aliphatic carbocycles. The highest BCUT2D eigenvalue weighted by atomic mass is 16.6. The van der Waals surface area contributed by atoms with Crippen molar-refractivity contribution in [3.8, 4) is 0 Å². The van der Waals surface area contributed by atoms with Crippen LogP contribution >= 0.6 is 0 Å². The van der Waals surface area contributed by atoms with Gasteiger partial charge in [-0.25, -0.2) is 0 Å². The first-order valence-electron chi connectivity index (χ1n) is 8.33. The Labute approximate surface area is 164 Å². The fourth-order valence-corrected chi connectivity index (χ4v) is 2.31. The number of azo groups is 1. The van der Waals surface area contributed by atoms with Gasteiger partial charge in [0.05, 0.1) is 21.2 Å². The number of rotatable bonds is 6. The molecule has 0 saturated heterocycles. The Morgan fingerprint density at radius 1 is 0.793 bits per heavy atom. The number of hydrogen-bond donors (Lipinski definition) is 1. The molecule has 0 saturated carbocycles. The zero-order chi connectivity index (χ0) is 20.6. The van der Waals surface area contributed by atoms with Gasteiger partial charge in [-0.1, -0.05) is 36.4 Å². The average Bonchev–Trinajstić information content (AvgIpc) is 2.74. The maximum absolute atomic E-state index is 11.1. The molecule has 144 valence electrons. The molecule has 0 aliphatic rings. The van der Waals surface area contributed by atoms with E-state index in [1.807, 2.05) is 6.07 Å². The average molecular weight is 390 g/mol. The third-order valence-electron chi connectivity index (χ3n) is 3.68. The lowest BCUT2D eigenvalue weighted by Gasteiger charge is -2.04. The monoisotopic (exact) mass is 390 g/mol. The minimum Gasteiger partial charge on any atom is -0.276 e. The molecule has 10 heteroatoms. The van der Waals surface area contributed by atoms with Crippen molar-refractivity contribution >= 4 is 28.6 Å². The number of nitro benzene ring substituents is 2. The number of anilines is 1.